The first-order chi connectivity index (χ1) is 12.0. The SMILES string of the molecule is CCOC(=O)CC(=O)Nc1ccc(-c2nc3ccc(C)cc3s2)cc1. The molecule has 0 aliphatic carbocycles. The highest BCUT2D eigenvalue weighted by atomic mass is 32.1. The third-order valence-corrected chi connectivity index (χ3v) is 4.64. The third kappa shape index (κ3) is 4.22. The van der Waals surface area contributed by atoms with Crippen LogP contribution in [0.15, 0.2) is 42.5 Å². The van der Waals surface area contributed by atoms with Crippen LogP contribution in [0.2, 0.25) is 0 Å². The molecule has 0 unspecified atom stereocenters. The summed E-state index contributed by atoms with van der Waals surface area (Å²) in [5.41, 5.74) is 3.82. The molecule has 128 valence electrons. The number of thiazole rings is 1. The Hall–Kier alpha value is -2.73. The fourth-order valence-electron chi connectivity index (χ4n) is 2.40. The van der Waals surface area contributed by atoms with Crippen molar-refractivity contribution >= 4 is 39.1 Å². The largest absolute Gasteiger partial charge is 0.466 e. The number of rotatable bonds is 5. The normalized spacial score (nSPS) is 10.6. The van der Waals surface area contributed by atoms with Crippen LogP contribution in [0.3, 0.4) is 0 Å². The number of aromatic nitrogens is 1. The van der Waals surface area contributed by atoms with Gasteiger partial charge in [-0.2, -0.15) is 0 Å². The summed E-state index contributed by atoms with van der Waals surface area (Å²) in [7, 11) is 0. The highest BCUT2D eigenvalue weighted by Gasteiger charge is 2.11. The van der Waals surface area contributed by atoms with Gasteiger partial charge in [-0.05, 0) is 55.8 Å². The van der Waals surface area contributed by atoms with Crippen LogP contribution in [-0.2, 0) is 14.3 Å². The smallest absolute Gasteiger partial charge is 0.315 e. The van der Waals surface area contributed by atoms with Crippen LogP contribution in [-0.4, -0.2) is 23.5 Å². The number of nitrogens with one attached hydrogen (secondary N) is 1. The van der Waals surface area contributed by atoms with Crippen molar-refractivity contribution in [1.82, 2.24) is 4.98 Å². The molecule has 0 aliphatic heterocycles. The van der Waals surface area contributed by atoms with Crippen molar-refractivity contribution in [3.05, 3.63) is 48.0 Å². The minimum absolute atomic E-state index is 0.266. The van der Waals surface area contributed by atoms with Crippen LogP contribution in [0.1, 0.15) is 18.9 Å². The lowest BCUT2D eigenvalue weighted by Gasteiger charge is -2.05. The van der Waals surface area contributed by atoms with Gasteiger partial charge in [0, 0.05) is 11.3 Å². The summed E-state index contributed by atoms with van der Waals surface area (Å²) < 4.78 is 5.91. The maximum Gasteiger partial charge on any atom is 0.315 e. The number of hydrogen-bond acceptors (Lipinski definition) is 5. The lowest BCUT2D eigenvalue weighted by molar-refractivity contribution is -0.145. The van der Waals surface area contributed by atoms with E-state index < -0.39 is 5.97 Å². The molecule has 0 aliphatic rings. The first-order valence-corrected chi connectivity index (χ1v) is 8.80. The monoisotopic (exact) mass is 354 g/mol. The van der Waals surface area contributed by atoms with Gasteiger partial charge in [0.2, 0.25) is 5.91 Å². The molecular weight excluding hydrogens is 336 g/mol. The second-order valence-electron chi connectivity index (χ2n) is 5.60. The van der Waals surface area contributed by atoms with Gasteiger partial charge in [-0.25, -0.2) is 4.98 Å². The molecule has 0 fully saturated rings. The lowest BCUT2D eigenvalue weighted by atomic mass is 10.2. The van der Waals surface area contributed by atoms with Crippen LogP contribution in [0.5, 0.6) is 0 Å². The van der Waals surface area contributed by atoms with E-state index in [0.29, 0.717) is 5.69 Å². The number of fused-ring (bicyclic) bond motifs is 1. The zero-order valence-electron chi connectivity index (χ0n) is 14.0. The van der Waals surface area contributed by atoms with Gasteiger partial charge in [0.25, 0.3) is 0 Å². The molecule has 3 aromatic rings. The van der Waals surface area contributed by atoms with E-state index in [1.54, 1.807) is 30.4 Å². The second-order valence-corrected chi connectivity index (χ2v) is 6.63. The van der Waals surface area contributed by atoms with Crippen molar-refractivity contribution < 1.29 is 14.3 Å². The molecule has 3 rings (SSSR count). The van der Waals surface area contributed by atoms with Gasteiger partial charge < -0.3 is 10.1 Å². The number of carbonyl (C=O) groups excluding carboxylic acids is 2. The van der Waals surface area contributed by atoms with Gasteiger partial charge in [-0.1, -0.05) is 6.07 Å². The zero-order chi connectivity index (χ0) is 17.8. The van der Waals surface area contributed by atoms with E-state index in [9.17, 15) is 9.59 Å². The predicted molar refractivity (Wildman–Crippen MR) is 99.7 cm³/mol. The first kappa shape index (κ1) is 17.1. The summed E-state index contributed by atoms with van der Waals surface area (Å²) >= 11 is 1.64. The van der Waals surface area contributed by atoms with E-state index in [0.717, 1.165) is 20.8 Å². The van der Waals surface area contributed by atoms with Crippen molar-refractivity contribution in [3.8, 4) is 10.6 Å². The molecule has 6 heteroatoms. The second kappa shape index (κ2) is 7.44. The Labute approximate surface area is 149 Å². The average Bonchev–Trinajstić information content (AvgIpc) is 2.98. The summed E-state index contributed by atoms with van der Waals surface area (Å²) in [6.07, 6.45) is -0.285. The molecular formula is C19H18N2O3S. The highest BCUT2D eigenvalue weighted by Crippen LogP contribution is 2.31. The van der Waals surface area contributed by atoms with E-state index in [-0.39, 0.29) is 18.9 Å². The Balaban J connectivity index is 1.71. The summed E-state index contributed by atoms with van der Waals surface area (Å²) in [6.45, 7) is 4.03. The minimum Gasteiger partial charge on any atom is -0.466 e. The van der Waals surface area contributed by atoms with Crippen molar-refractivity contribution in [2.45, 2.75) is 20.3 Å². The van der Waals surface area contributed by atoms with Gasteiger partial charge in [0.15, 0.2) is 0 Å². The van der Waals surface area contributed by atoms with E-state index >= 15 is 0 Å². The predicted octanol–water partition coefficient (Wildman–Crippen LogP) is 4.16. The summed E-state index contributed by atoms with van der Waals surface area (Å²) in [6, 6.07) is 13.6. The molecule has 1 amide bonds. The zero-order valence-corrected chi connectivity index (χ0v) is 14.9. The molecule has 0 saturated carbocycles. The fourth-order valence-corrected chi connectivity index (χ4v) is 3.47. The van der Waals surface area contributed by atoms with Crippen LogP contribution in [0.25, 0.3) is 20.8 Å². The Kier molecular flexibility index (Phi) is 5.09. The van der Waals surface area contributed by atoms with Crippen molar-refractivity contribution in [2.24, 2.45) is 0 Å². The number of esters is 1. The van der Waals surface area contributed by atoms with E-state index in [1.165, 1.54) is 5.56 Å². The molecule has 1 N–H and O–H groups in total. The van der Waals surface area contributed by atoms with Gasteiger partial charge >= 0.3 is 5.97 Å². The maximum atomic E-state index is 11.8. The molecule has 0 radical (unpaired) electrons. The Morgan fingerprint density at radius 3 is 2.64 bits per heavy atom. The molecule has 1 aromatic heterocycles. The number of amides is 1. The molecule has 5 nitrogen and oxygen atoms in total. The van der Waals surface area contributed by atoms with Gasteiger partial charge in [0.05, 0.1) is 16.8 Å². The van der Waals surface area contributed by atoms with Gasteiger partial charge in [-0.3, -0.25) is 9.59 Å². The molecule has 0 spiro atoms. The maximum absolute atomic E-state index is 11.8. The van der Waals surface area contributed by atoms with Gasteiger partial charge in [0.1, 0.15) is 11.4 Å². The fraction of sp³-hybridized carbons (Fsp3) is 0.211. The molecule has 2 aromatic carbocycles. The number of anilines is 1. The first-order valence-electron chi connectivity index (χ1n) is 7.98. The Morgan fingerprint density at radius 2 is 1.92 bits per heavy atom. The molecule has 0 bridgehead atoms. The summed E-state index contributed by atoms with van der Waals surface area (Å²) in [5.74, 6) is -0.914. The van der Waals surface area contributed by atoms with Crippen LogP contribution < -0.4 is 5.32 Å². The molecule has 0 atom stereocenters. The summed E-state index contributed by atoms with van der Waals surface area (Å²) in [4.78, 5) is 27.7. The quantitative estimate of drug-likeness (QED) is 0.552. The standard InChI is InChI=1S/C19H18N2O3S/c1-3-24-18(23)11-17(22)20-14-7-5-13(6-8-14)19-21-15-9-4-12(2)10-16(15)25-19/h4-10H,3,11H2,1-2H3,(H,20,22). The van der Waals surface area contributed by atoms with Crippen molar-refractivity contribution in [3.63, 3.8) is 0 Å². The van der Waals surface area contributed by atoms with E-state index in [2.05, 4.69) is 23.3 Å². The Bertz CT molecular complexity index is 916. The topological polar surface area (TPSA) is 68.3 Å². The van der Waals surface area contributed by atoms with Gasteiger partial charge in [-0.15, -0.1) is 11.3 Å². The average molecular weight is 354 g/mol. The number of nitrogens with zero attached hydrogens (tertiary/aromatic N) is 1. The molecule has 0 saturated heterocycles. The number of ether oxygens (including phenoxy) is 1. The minimum atomic E-state index is -0.526. The number of aryl methyl sites for hydroxylation is 1. The summed E-state index contributed by atoms with van der Waals surface area (Å²) in [5, 5.41) is 3.62. The number of hydrogen-bond donors (Lipinski definition) is 1. The third-order valence-electron chi connectivity index (χ3n) is 3.57. The lowest BCUT2D eigenvalue weighted by Crippen LogP contribution is -2.18. The number of carbonyl (C=O) groups is 2. The molecule has 25 heavy (non-hydrogen) atoms. The van der Waals surface area contributed by atoms with Crippen molar-refractivity contribution in [1.29, 1.82) is 0 Å². The van der Waals surface area contributed by atoms with Crippen LogP contribution in [0.4, 0.5) is 5.69 Å². The molecule has 1 heterocycles. The van der Waals surface area contributed by atoms with E-state index in [1.807, 2.05) is 24.3 Å². The Morgan fingerprint density at radius 1 is 1.16 bits per heavy atom. The van der Waals surface area contributed by atoms with Crippen LogP contribution >= 0.6 is 11.3 Å². The highest BCUT2D eigenvalue weighted by molar-refractivity contribution is 7.21. The van der Waals surface area contributed by atoms with Crippen LogP contribution in [0, 0.1) is 6.92 Å². The van der Waals surface area contributed by atoms with E-state index in [4.69, 9.17) is 4.74 Å². The number of benzene rings is 2. The van der Waals surface area contributed by atoms with Crippen molar-refractivity contribution in [2.75, 3.05) is 11.9 Å².